The van der Waals surface area contributed by atoms with E-state index < -0.39 is 10.0 Å². The van der Waals surface area contributed by atoms with Crippen LogP contribution >= 0.6 is 10.0 Å². The Hall–Kier alpha value is -1.99. The molecule has 3 aromatic rings. The highest BCUT2D eigenvalue weighted by Gasteiger charge is 2.29. The standard InChI is InChI=1S/C22H24S.C2H6/c1-2-3-19-23(20-13-7-4-8-14-20,21-15-9-5-10-16-21)22-17-11-6-12-18-22;1-2/h4-18H,2-3,19H2,1H3;1-2H3. The largest absolute Gasteiger partial charge is 0.160 e. The quantitative estimate of drug-likeness (QED) is 0.425. The Balaban J connectivity index is 0.00000109. The van der Waals surface area contributed by atoms with Crippen LogP contribution in [0.15, 0.2) is 106 Å². The lowest BCUT2D eigenvalue weighted by Crippen LogP contribution is -2.08. The molecular weight excluding hydrogens is 320 g/mol. The van der Waals surface area contributed by atoms with E-state index in [-0.39, 0.29) is 0 Å². The van der Waals surface area contributed by atoms with E-state index in [1.807, 2.05) is 13.8 Å². The van der Waals surface area contributed by atoms with Crippen molar-refractivity contribution < 1.29 is 0 Å². The summed E-state index contributed by atoms with van der Waals surface area (Å²) < 4.78 is 0. The van der Waals surface area contributed by atoms with Crippen molar-refractivity contribution in [2.75, 3.05) is 5.75 Å². The Morgan fingerprint density at radius 1 is 0.560 bits per heavy atom. The predicted octanol–water partition coefficient (Wildman–Crippen LogP) is 7.79. The first-order valence-corrected chi connectivity index (χ1v) is 11.1. The van der Waals surface area contributed by atoms with Gasteiger partial charge in [-0.2, -0.15) is 10.0 Å². The summed E-state index contributed by atoms with van der Waals surface area (Å²) in [6.07, 6.45) is 2.47. The smallest absolute Gasteiger partial charge is 0.00187 e. The molecule has 0 nitrogen and oxygen atoms in total. The zero-order valence-electron chi connectivity index (χ0n) is 15.7. The van der Waals surface area contributed by atoms with Crippen molar-refractivity contribution in [2.24, 2.45) is 0 Å². The molecule has 3 rings (SSSR count). The molecule has 0 fully saturated rings. The monoisotopic (exact) mass is 350 g/mol. The highest BCUT2D eigenvalue weighted by Crippen LogP contribution is 2.68. The minimum Gasteiger partial charge on any atom is -0.160 e. The normalized spacial score (nSPS) is 11.3. The van der Waals surface area contributed by atoms with Gasteiger partial charge in [0.2, 0.25) is 0 Å². The molecule has 0 atom stereocenters. The molecule has 0 unspecified atom stereocenters. The van der Waals surface area contributed by atoms with Crippen LogP contribution in [0.25, 0.3) is 0 Å². The summed E-state index contributed by atoms with van der Waals surface area (Å²) in [5, 5.41) is 0. The zero-order valence-corrected chi connectivity index (χ0v) is 16.5. The maximum atomic E-state index is 2.31. The van der Waals surface area contributed by atoms with Crippen molar-refractivity contribution >= 4 is 10.0 Å². The summed E-state index contributed by atoms with van der Waals surface area (Å²) in [4.78, 5) is 4.39. The Morgan fingerprint density at radius 3 is 1.16 bits per heavy atom. The van der Waals surface area contributed by atoms with Gasteiger partial charge in [0.25, 0.3) is 0 Å². The first-order valence-electron chi connectivity index (χ1n) is 9.34. The second-order valence-corrected chi connectivity index (χ2v) is 9.04. The molecule has 0 amide bonds. The fourth-order valence-electron chi connectivity index (χ4n) is 3.08. The highest BCUT2D eigenvalue weighted by atomic mass is 32.3. The fraction of sp³-hybridized carbons (Fsp3) is 0.250. The zero-order chi connectivity index (χ0) is 18.0. The van der Waals surface area contributed by atoms with Gasteiger partial charge in [-0.05, 0) is 63.3 Å². The molecule has 3 aromatic carbocycles. The average molecular weight is 351 g/mol. The first-order chi connectivity index (χ1) is 12.4. The van der Waals surface area contributed by atoms with Crippen LogP contribution < -0.4 is 0 Å². The van der Waals surface area contributed by atoms with Gasteiger partial charge in [0.05, 0.1) is 0 Å². The molecule has 132 valence electrons. The van der Waals surface area contributed by atoms with Gasteiger partial charge in [0.1, 0.15) is 0 Å². The lowest BCUT2D eigenvalue weighted by molar-refractivity contribution is 0.887. The molecule has 0 radical (unpaired) electrons. The van der Waals surface area contributed by atoms with Crippen molar-refractivity contribution in [1.82, 2.24) is 0 Å². The summed E-state index contributed by atoms with van der Waals surface area (Å²) in [5.41, 5.74) is 0. The SMILES string of the molecule is CC.CCCCS(c1ccccc1)(c1ccccc1)c1ccccc1. The van der Waals surface area contributed by atoms with E-state index in [9.17, 15) is 0 Å². The predicted molar refractivity (Wildman–Crippen MR) is 113 cm³/mol. The first kappa shape index (κ1) is 19.3. The molecule has 25 heavy (non-hydrogen) atoms. The van der Waals surface area contributed by atoms with Crippen molar-refractivity contribution in [3.63, 3.8) is 0 Å². The lowest BCUT2D eigenvalue weighted by Gasteiger charge is -2.41. The Kier molecular flexibility index (Phi) is 7.81. The van der Waals surface area contributed by atoms with Crippen LogP contribution in [0, 0.1) is 0 Å². The molecule has 1 heteroatoms. The third-order valence-electron chi connectivity index (χ3n) is 4.24. The van der Waals surface area contributed by atoms with E-state index >= 15 is 0 Å². The molecule has 0 aromatic heterocycles. The Morgan fingerprint density at radius 2 is 0.880 bits per heavy atom. The van der Waals surface area contributed by atoms with Crippen molar-refractivity contribution in [3.8, 4) is 0 Å². The second-order valence-electron chi connectivity index (χ2n) is 5.74. The molecule has 0 aliphatic rings. The minimum absolute atomic E-state index is 1.19. The summed E-state index contributed by atoms with van der Waals surface area (Å²) in [6.45, 7) is 6.28. The molecule has 0 bridgehead atoms. The maximum absolute atomic E-state index is 2.31. The van der Waals surface area contributed by atoms with E-state index in [0.29, 0.717) is 0 Å². The third kappa shape index (κ3) is 4.35. The molecule has 0 N–H and O–H groups in total. The number of hydrogen-bond acceptors (Lipinski definition) is 0. The van der Waals surface area contributed by atoms with Gasteiger partial charge < -0.3 is 0 Å². The Labute approximate surface area is 155 Å². The topological polar surface area (TPSA) is 0 Å². The summed E-state index contributed by atoms with van der Waals surface area (Å²) >= 11 is 0. The fourth-order valence-corrected chi connectivity index (χ4v) is 7.19. The van der Waals surface area contributed by atoms with Crippen LogP contribution in [-0.4, -0.2) is 5.75 Å². The van der Waals surface area contributed by atoms with Crippen molar-refractivity contribution in [1.29, 1.82) is 0 Å². The van der Waals surface area contributed by atoms with E-state index in [4.69, 9.17) is 0 Å². The van der Waals surface area contributed by atoms with Gasteiger partial charge in [0, 0.05) is 0 Å². The van der Waals surface area contributed by atoms with Gasteiger partial charge in [-0.3, -0.25) is 0 Å². The van der Waals surface area contributed by atoms with Crippen LogP contribution in [0.2, 0.25) is 0 Å². The summed E-state index contributed by atoms with van der Waals surface area (Å²) in [6, 6.07) is 33.3. The van der Waals surface area contributed by atoms with E-state index in [2.05, 4.69) is 97.9 Å². The van der Waals surface area contributed by atoms with Gasteiger partial charge in [-0.25, -0.2) is 0 Å². The van der Waals surface area contributed by atoms with Gasteiger partial charge in [0.15, 0.2) is 0 Å². The molecule has 0 aliphatic heterocycles. The lowest BCUT2D eigenvalue weighted by atomic mass is 10.3. The molecule has 0 heterocycles. The van der Waals surface area contributed by atoms with Crippen molar-refractivity contribution in [3.05, 3.63) is 91.0 Å². The van der Waals surface area contributed by atoms with E-state index in [1.165, 1.54) is 33.3 Å². The molecule has 0 spiro atoms. The number of hydrogen-bond donors (Lipinski definition) is 0. The number of benzene rings is 3. The van der Waals surface area contributed by atoms with Gasteiger partial charge in [-0.15, -0.1) is 0 Å². The van der Waals surface area contributed by atoms with Crippen LogP contribution in [-0.2, 0) is 0 Å². The van der Waals surface area contributed by atoms with E-state index in [1.54, 1.807) is 0 Å². The molecule has 0 saturated carbocycles. The second kappa shape index (κ2) is 10.1. The summed E-state index contributed by atoms with van der Waals surface area (Å²) in [7, 11) is -1.19. The minimum atomic E-state index is -1.19. The third-order valence-corrected chi connectivity index (χ3v) is 8.37. The number of unbranched alkanes of at least 4 members (excludes halogenated alkanes) is 1. The molecule has 0 saturated heterocycles. The number of rotatable bonds is 6. The van der Waals surface area contributed by atoms with Crippen LogP contribution in [0.3, 0.4) is 0 Å². The van der Waals surface area contributed by atoms with Crippen molar-refractivity contribution in [2.45, 2.75) is 48.3 Å². The van der Waals surface area contributed by atoms with E-state index in [0.717, 1.165) is 0 Å². The Bertz CT molecular complexity index is 608. The maximum Gasteiger partial charge on any atom is -0.00187 e. The highest BCUT2D eigenvalue weighted by molar-refractivity contribution is 8.33. The summed E-state index contributed by atoms with van der Waals surface area (Å²) in [5.74, 6) is 1.21. The van der Waals surface area contributed by atoms with Gasteiger partial charge >= 0.3 is 0 Å². The van der Waals surface area contributed by atoms with Gasteiger partial charge in [-0.1, -0.05) is 81.8 Å². The molecular formula is C24H30S. The van der Waals surface area contributed by atoms with Crippen LogP contribution in [0.4, 0.5) is 0 Å². The molecule has 0 aliphatic carbocycles. The average Bonchev–Trinajstić information content (AvgIpc) is 2.72. The van der Waals surface area contributed by atoms with Crippen LogP contribution in [0.1, 0.15) is 33.6 Å². The van der Waals surface area contributed by atoms with Crippen LogP contribution in [0.5, 0.6) is 0 Å².